The number of phenols is 1. The molecule has 1 amide bonds. The number of rotatable bonds is 3. The fourth-order valence-electron chi connectivity index (χ4n) is 1.46. The van der Waals surface area contributed by atoms with Gasteiger partial charge in [0.25, 0.3) is 5.91 Å². The van der Waals surface area contributed by atoms with Gasteiger partial charge in [-0.3, -0.25) is 9.48 Å². The average molecular weight is 402 g/mol. The number of hydrazone groups is 1. The van der Waals surface area contributed by atoms with Crippen LogP contribution in [0.2, 0.25) is 0 Å². The van der Waals surface area contributed by atoms with Crippen LogP contribution in [-0.4, -0.2) is 27.0 Å². The minimum atomic E-state index is -0.441. The molecule has 104 valence electrons. The summed E-state index contributed by atoms with van der Waals surface area (Å²) in [7, 11) is 1.71. The summed E-state index contributed by atoms with van der Waals surface area (Å²) in [6.45, 7) is 0. The van der Waals surface area contributed by atoms with Gasteiger partial charge in [-0.2, -0.15) is 10.2 Å². The number of hydrogen-bond acceptors (Lipinski definition) is 4. The number of hydrogen-bond donors (Lipinski definition) is 2. The molecule has 0 fully saturated rings. The van der Waals surface area contributed by atoms with Crippen molar-refractivity contribution in [3.8, 4) is 5.75 Å². The van der Waals surface area contributed by atoms with Crippen molar-refractivity contribution in [2.24, 2.45) is 12.1 Å². The molecule has 8 heteroatoms. The summed E-state index contributed by atoms with van der Waals surface area (Å²) < 4.78 is 2.90. The highest BCUT2D eigenvalue weighted by Crippen LogP contribution is 2.20. The first-order chi connectivity index (χ1) is 9.47. The van der Waals surface area contributed by atoms with E-state index in [1.54, 1.807) is 25.4 Å². The van der Waals surface area contributed by atoms with Gasteiger partial charge in [-0.25, -0.2) is 5.43 Å². The first-order valence-corrected chi connectivity index (χ1v) is 7.07. The molecule has 1 heterocycles. The third-order valence-electron chi connectivity index (χ3n) is 2.36. The summed E-state index contributed by atoms with van der Waals surface area (Å²) in [5.74, 6) is -0.367. The third-order valence-corrected chi connectivity index (χ3v) is 3.43. The third kappa shape index (κ3) is 3.45. The molecule has 0 unspecified atom stereocenters. The lowest BCUT2D eigenvalue weighted by Crippen LogP contribution is -2.19. The molecule has 0 aliphatic heterocycles. The molecule has 0 saturated carbocycles. The number of benzene rings is 1. The fraction of sp³-hybridized carbons (Fsp3) is 0.0833. The Hall–Kier alpha value is -1.67. The quantitative estimate of drug-likeness (QED) is 0.612. The van der Waals surface area contributed by atoms with E-state index in [-0.39, 0.29) is 11.4 Å². The van der Waals surface area contributed by atoms with Crippen molar-refractivity contribution in [3.05, 3.63) is 44.6 Å². The summed E-state index contributed by atoms with van der Waals surface area (Å²) in [5.41, 5.74) is 3.07. The first kappa shape index (κ1) is 14.7. The lowest BCUT2D eigenvalue weighted by molar-refractivity contribution is 0.0948. The van der Waals surface area contributed by atoms with Crippen LogP contribution >= 0.6 is 31.9 Å². The summed E-state index contributed by atoms with van der Waals surface area (Å²) in [6.07, 6.45) is 3.02. The van der Waals surface area contributed by atoms with Crippen molar-refractivity contribution >= 4 is 44.0 Å². The second-order valence-electron chi connectivity index (χ2n) is 3.90. The predicted octanol–water partition coefficient (Wildman–Crippen LogP) is 2.41. The molecule has 0 aliphatic rings. The Morgan fingerprint density at radius 2 is 2.25 bits per heavy atom. The molecule has 20 heavy (non-hydrogen) atoms. The molecule has 6 nitrogen and oxygen atoms in total. The number of nitrogens with one attached hydrogen (secondary N) is 1. The Morgan fingerprint density at radius 3 is 2.90 bits per heavy atom. The molecule has 0 spiro atoms. The lowest BCUT2D eigenvalue weighted by Gasteiger charge is -2.00. The van der Waals surface area contributed by atoms with Crippen LogP contribution < -0.4 is 5.43 Å². The number of aryl methyl sites for hydroxylation is 1. The summed E-state index contributed by atoms with van der Waals surface area (Å²) in [5, 5.41) is 17.4. The van der Waals surface area contributed by atoms with Crippen molar-refractivity contribution in [2.45, 2.75) is 0 Å². The number of amides is 1. The summed E-state index contributed by atoms with van der Waals surface area (Å²) in [6, 6.07) is 4.92. The van der Waals surface area contributed by atoms with E-state index in [1.807, 2.05) is 0 Å². The maximum atomic E-state index is 11.8. The highest BCUT2D eigenvalue weighted by atomic mass is 79.9. The first-order valence-electron chi connectivity index (χ1n) is 5.48. The zero-order valence-electron chi connectivity index (χ0n) is 10.3. The van der Waals surface area contributed by atoms with Gasteiger partial charge in [0.05, 0.1) is 10.7 Å². The molecule has 0 aliphatic carbocycles. The molecule has 1 aromatic heterocycles. The maximum Gasteiger partial charge on any atom is 0.293 e. The normalized spacial score (nSPS) is 10.9. The van der Waals surface area contributed by atoms with Gasteiger partial charge in [0, 0.05) is 23.3 Å². The number of halogens is 2. The molecule has 0 radical (unpaired) electrons. The number of phenolic OH excluding ortho intramolecular Hbond substituents is 1. The topological polar surface area (TPSA) is 79.5 Å². The SMILES string of the molecule is Cn1cc(Br)c(C(=O)N/N=C\c2cc(Br)ccc2O)n1. The van der Waals surface area contributed by atoms with Crippen LogP contribution in [0.4, 0.5) is 0 Å². The smallest absolute Gasteiger partial charge is 0.293 e. The van der Waals surface area contributed by atoms with Crippen molar-refractivity contribution < 1.29 is 9.90 Å². The second kappa shape index (κ2) is 6.19. The number of carbonyl (C=O) groups is 1. The van der Waals surface area contributed by atoms with E-state index >= 15 is 0 Å². The van der Waals surface area contributed by atoms with Crippen molar-refractivity contribution in [1.29, 1.82) is 0 Å². The van der Waals surface area contributed by atoms with Crippen LogP contribution in [0.25, 0.3) is 0 Å². The predicted molar refractivity (Wildman–Crippen MR) is 81.8 cm³/mol. The van der Waals surface area contributed by atoms with Crippen LogP contribution in [0, 0.1) is 0 Å². The van der Waals surface area contributed by atoms with E-state index in [0.717, 1.165) is 4.47 Å². The number of aromatic nitrogens is 2. The van der Waals surface area contributed by atoms with E-state index in [4.69, 9.17) is 0 Å². The molecule has 2 aromatic rings. The Kier molecular flexibility index (Phi) is 4.56. The molecule has 0 saturated heterocycles. The van der Waals surface area contributed by atoms with Gasteiger partial charge in [0.2, 0.25) is 0 Å². The Morgan fingerprint density at radius 1 is 1.50 bits per heavy atom. The van der Waals surface area contributed by atoms with Gasteiger partial charge in [0.15, 0.2) is 5.69 Å². The molecule has 2 N–H and O–H groups in total. The summed E-state index contributed by atoms with van der Waals surface area (Å²) >= 11 is 6.52. The highest BCUT2D eigenvalue weighted by Gasteiger charge is 2.13. The average Bonchev–Trinajstić information content (AvgIpc) is 2.72. The van der Waals surface area contributed by atoms with Gasteiger partial charge < -0.3 is 5.11 Å². The van der Waals surface area contributed by atoms with Gasteiger partial charge in [-0.1, -0.05) is 15.9 Å². The van der Waals surface area contributed by atoms with Gasteiger partial charge in [-0.15, -0.1) is 0 Å². The summed E-state index contributed by atoms with van der Waals surface area (Å²) in [4.78, 5) is 11.8. The van der Waals surface area contributed by atoms with Gasteiger partial charge >= 0.3 is 0 Å². The molecule has 2 rings (SSSR count). The van der Waals surface area contributed by atoms with Crippen LogP contribution in [0.5, 0.6) is 5.75 Å². The van der Waals surface area contributed by atoms with E-state index in [9.17, 15) is 9.90 Å². The largest absolute Gasteiger partial charge is 0.507 e. The number of nitrogens with zero attached hydrogens (tertiary/aromatic N) is 3. The Balaban J connectivity index is 2.08. The highest BCUT2D eigenvalue weighted by molar-refractivity contribution is 9.10. The van der Waals surface area contributed by atoms with E-state index < -0.39 is 5.91 Å². The maximum absolute atomic E-state index is 11.8. The van der Waals surface area contributed by atoms with Gasteiger partial charge in [0.1, 0.15) is 5.75 Å². The van der Waals surface area contributed by atoms with Crippen LogP contribution in [0.15, 0.2) is 38.4 Å². The zero-order valence-corrected chi connectivity index (χ0v) is 13.5. The van der Waals surface area contributed by atoms with Crippen molar-refractivity contribution in [1.82, 2.24) is 15.2 Å². The van der Waals surface area contributed by atoms with Crippen LogP contribution in [0.3, 0.4) is 0 Å². The standard InChI is InChI=1S/C12H10Br2N4O2/c1-18-6-9(14)11(17-18)12(20)16-15-5-7-4-8(13)2-3-10(7)19/h2-6,19H,1H3,(H,16,20)/b15-5-. The molecule has 0 bridgehead atoms. The molecule has 1 aromatic carbocycles. The number of carbonyl (C=O) groups excluding carboxylic acids is 1. The minimum absolute atomic E-state index is 0.0743. The minimum Gasteiger partial charge on any atom is -0.507 e. The van der Waals surface area contributed by atoms with Crippen molar-refractivity contribution in [2.75, 3.05) is 0 Å². The zero-order chi connectivity index (χ0) is 14.7. The second-order valence-corrected chi connectivity index (χ2v) is 5.67. The molecular formula is C12H10Br2N4O2. The van der Waals surface area contributed by atoms with E-state index in [2.05, 4.69) is 47.5 Å². The van der Waals surface area contributed by atoms with Gasteiger partial charge in [-0.05, 0) is 34.1 Å². The lowest BCUT2D eigenvalue weighted by atomic mass is 10.2. The Labute approximate surface area is 131 Å². The molecule has 0 atom stereocenters. The monoisotopic (exact) mass is 400 g/mol. The van der Waals surface area contributed by atoms with E-state index in [0.29, 0.717) is 10.0 Å². The number of aromatic hydroxyl groups is 1. The molecular weight excluding hydrogens is 392 g/mol. The van der Waals surface area contributed by atoms with Crippen LogP contribution in [0.1, 0.15) is 16.1 Å². The fourth-order valence-corrected chi connectivity index (χ4v) is 2.39. The Bertz CT molecular complexity index is 682. The van der Waals surface area contributed by atoms with Crippen molar-refractivity contribution in [3.63, 3.8) is 0 Å². The van der Waals surface area contributed by atoms with Crippen LogP contribution in [-0.2, 0) is 7.05 Å². The van der Waals surface area contributed by atoms with E-state index in [1.165, 1.54) is 17.0 Å².